The number of aryl methyl sites for hydroxylation is 1. The standard InChI is InChI=1S/C16H23N3O2/c1-12-5-4-6-14(9-12)19-11-13(10-15(19)20)16(21)17-7-8-18(2)3/h4-6,9,13H,7-8,10-11H2,1-3H3,(H,17,21)/t13-/m0/s1. The average Bonchev–Trinajstić information content (AvgIpc) is 2.80. The van der Waals surface area contributed by atoms with Gasteiger partial charge in [0.25, 0.3) is 0 Å². The molecule has 0 radical (unpaired) electrons. The van der Waals surface area contributed by atoms with E-state index in [1.807, 2.05) is 50.2 Å². The van der Waals surface area contributed by atoms with Gasteiger partial charge in [0.1, 0.15) is 0 Å². The quantitative estimate of drug-likeness (QED) is 0.881. The zero-order valence-corrected chi connectivity index (χ0v) is 12.9. The molecule has 21 heavy (non-hydrogen) atoms. The van der Waals surface area contributed by atoms with E-state index in [1.165, 1.54) is 0 Å². The van der Waals surface area contributed by atoms with Gasteiger partial charge in [0.05, 0.1) is 5.92 Å². The fourth-order valence-corrected chi connectivity index (χ4v) is 2.48. The maximum Gasteiger partial charge on any atom is 0.227 e. The fraction of sp³-hybridized carbons (Fsp3) is 0.500. The highest BCUT2D eigenvalue weighted by Crippen LogP contribution is 2.25. The summed E-state index contributed by atoms with van der Waals surface area (Å²) in [6, 6.07) is 7.82. The van der Waals surface area contributed by atoms with Crippen molar-refractivity contribution in [2.75, 3.05) is 38.6 Å². The molecule has 1 aromatic rings. The molecule has 2 amide bonds. The van der Waals surface area contributed by atoms with Crippen LogP contribution in [0.25, 0.3) is 0 Å². The largest absolute Gasteiger partial charge is 0.355 e. The van der Waals surface area contributed by atoms with Gasteiger partial charge >= 0.3 is 0 Å². The van der Waals surface area contributed by atoms with Gasteiger partial charge in [0.15, 0.2) is 0 Å². The molecule has 1 aliphatic heterocycles. The molecule has 1 N–H and O–H groups in total. The minimum absolute atomic E-state index is 0.0216. The van der Waals surface area contributed by atoms with Crippen molar-refractivity contribution in [3.63, 3.8) is 0 Å². The number of benzene rings is 1. The van der Waals surface area contributed by atoms with Crippen LogP contribution in [0.3, 0.4) is 0 Å². The van der Waals surface area contributed by atoms with Crippen LogP contribution in [0.5, 0.6) is 0 Å². The molecule has 114 valence electrons. The lowest BCUT2D eigenvalue weighted by atomic mass is 10.1. The number of carbonyl (C=O) groups is 2. The van der Waals surface area contributed by atoms with Gasteiger partial charge in [-0.25, -0.2) is 0 Å². The zero-order chi connectivity index (χ0) is 15.4. The smallest absolute Gasteiger partial charge is 0.227 e. The van der Waals surface area contributed by atoms with Crippen LogP contribution in [0, 0.1) is 12.8 Å². The Morgan fingerprint density at radius 3 is 2.86 bits per heavy atom. The molecule has 0 aromatic heterocycles. The normalized spacial score (nSPS) is 18.4. The van der Waals surface area contributed by atoms with Gasteiger partial charge in [-0.3, -0.25) is 9.59 Å². The van der Waals surface area contributed by atoms with Crippen LogP contribution in [0.2, 0.25) is 0 Å². The highest BCUT2D eigenvalue weighted by Gasteiger charge is 2.34. The van der Waals surface area contributed by atoms with Crippen LogP contribution in [0.15, 0.2) is 24.3 Å². The lowest BCUT2D eigenvalue weighted by Crippen LogP contribution is -2.36. The second-order valence-corrected chi connectivity index (χ2v) is 5.84. The topological polar surface area (TPSA) is 52.7 Å². The van der Waals surface area contributed by atoms with Crippen molar-refractivity contribution in [2.45, 2.75) is 13.3 Å². The van der Waals surface area contributed by atoms with Gasteiger partial charge in [-0.1, -0.05) is 12.1 Å². The second kappa shape index (κ2) is 6.72. The minimum atomic E-state index is -0.250. The Hall–Kier alpha value is -1.88. The summed E-state index contributed by atoms with van der Waals surface area (Å²) in [5, 5.41) is 2.90. The van der Waals surface area contributed by atoms with Crippen molar-refractivity contribution in [3.05, 3.63) is 29.8 Å². The number of carbonyl (C=O) groups excluding carboxylic acids is 2. The maximum absolute atomic E-state index is 12.1. The van der Waals surface area contributed by atoms with Crippen LogP contribution in [0.4, 0.5) is 5.69 Å². The maximum atomic E-state index is 12.1. The summed E-state index contributed by atoms with van der Waals surface area (Å²) in [6.07, 6.45) is 0.293. The number of nitrogens with zero attached hydrogens (tertiary/aromatic N) is 2. The lowest BCUT2D eigenvalue weighted by Gasteiger charge is -2.17. The van der Waals surface area contributed by atoms with Gasteiger partial charge in [0, 0.05) is 31.7 Å². The molecule has 0 saturated carbocycles. The van der Waals surface area contributed by atoms with Gasteiger partial charge in [-0.2, -0.15) is 0 Å². The highest BCUT2D eigenvalue weighted by molar-refractivity contribution is 6.00. The summed E-state index contributed by atoms with van der Waals surface area (Å²) in [4.78, 5) is 28.0. The van der Waals surface area contributed by atoms with Crippen molar-refractivity contribution in [1.29, 1.82) is 0 Å². The second-order valence-electron chi connectivity index (χ2n) is 5.84. The zero-order valence-electron chi connectivity index (χ0n) is 12.9. The van der Waals surface area contributed by atoms with E-state index >= 15 is 0 Å². The first kappa shape index (κ1) is 15.5. The van der Waals surface area contributed by atoms with E-state index in [2.05, 4.69) is 5.32 Å². The third-order valence-corrected chi connectivity index (χ3v) is 3.67. The van der Waals surface area contributed by atoms with E-state index in [1.54, 1.807) is 4.90 Å². The van der Waals surface area contributed by atoms with E-state index in [0.717, 1.165) is 17.8 Å². The predicted molar refractivity (Wildman–Crippen MR) is 83.2 cm³/mol. The van der Waals surface area contributed by atoms with Gasteiger partial charge in [-0.15, -0.1) is 0 Å². The first-order valence-electron chi connectivity index (χ1n) is 7.27. The Balaban J connectivity index is 1.94. The Morgan fingerprint density at radius 1 is 1.43 bits per heavy atom. The lowest BCUT2D eigenvalue weighted by molar-refractivity contribution is -0.126. The summed E-state index contributed by atoms with van der Waals surface area (Å²) in [7, 11) is 3.93. The van der Waals surface area contributed by atoms with E-state index in [9.17, 15) is 9.59 Å². The molecule has 0 aliphatic carbocycles. The van der Waals surface area contributed by atoms with E-state index in [0.29, 0.717) is 19.5 Å². The molecule has 5 heteroatoms. The van der Waals surface area contributed by atoms with Gasteiger partial charge in [0.2, 0.25) is 11.8 Å². The van der Waals surface area contributed by atoms with Crippen LogP contribution in [-0.2, 0) is 9.59 Å². The van der Waals surface area contributed by atoms with Gasteiger partial charge in [-0.05, 0) is 38.7 Å². The Bertz CT molecular complexity index is 528. The number of hydrogen-bond donors (Lipinski definition) is 1. The number of amides is 2. The Kier molecular flexibility index (Phi) is 4.96. The molecule has 0 unspecified atom stereocenters. The number of anilines is 1. The molecule has 1 heterocycles. The van der Waals surface area contributed by atoms with Crippen LogP contribution in [0.1, 0.15) is 12.0 Å². The third kappa shape index (κ3) is 4.04. The summed E-state index contributed by atoms with van der Waals surface area (Å²) >= 11 is 0. The first-order valence-corrected chi connectivity index (χ1v) is 7.27. The molecular weight excluding hydrogens is 266 g/mol. The van der Waals surface area contributed by atoms with Crippen LogP contribution >= 0.6 is 0 Å². The van der Waals surface area contributed by atoms with Crippen LogP contribution in [-0.4, -0.2) is 50.4 Å². The molecular formula is C16H23N3O2. The van der Waals surface area contributed by atoms with Gasteiger partial charge < -0.3 is 15.1 Å². The molecule has 1 saturated heterocycles. The number of hydrogen-bond acceptors (Lipinski definition) is 3. The number of nitrogens with one attached hydrogen (secondary N) is 1. The van der Waals surface area contributed by atoms with Crippen molar-refractivity contribution < 1.29 is 9.59 Å². The molecule has 1 aliphatic rings. The van der Waals surface area contributed by atoms with E-state index in [4.69, 9.17) is 0 Å². The summed E-state index contributed by atoms with van der Waals surface area (Å²) in [6.45, 7) is 3.88. The molecule has 1 aromatic carbocycles. The molecule has 0 spiro atoms. The summed E-state index contributed by atoms with van der Waals surface area (Å²) < 4.78 is 0. The van der Waals surface area contributed by atoms with Crippen molar-refractivity contribution >= 4 is 17.5 Å². The average molecular weight is 289 g/mol. The van der Waals surface area contributed by atoms with Crippen molar-refractivity contribution in [3.8, 4) is 0 Å². The molecule has 0 bridgehead atoms. The summed E-state index contributed by atoms with van der Waals surface area (Å²) in [5.74, 6) is -0.256. The van der Waals surface area contributed by atoms with E-state index in [-0.39, 0.29) is 17.7 Å². The molecule has 5 nitrogen and oxygen atoms in total. The Morgan fingerprint density at radius 2 is 2.19 bits per heavy atom. The van der Waals surface area contributed by atoms with E-state index < -0.39 is 0 Å². The highest BCUT2D eigenvalue weighted by atomic mass is 16.2. The number of rotatable bonds is 5. The Labute approximate surface area is 125 Å². The fourth-order valence-electron chi connectivity index (χ4n) is 2.48. The SMILES string of the molecule is Cc1cccc(N2C[C@@H](C(=O)NCCN(C)C)CC2=O)c1. The third-order valence-electron chi connectivity index (χ3n) is 3.67. The first-order chi connectivity index (χ1) is 9.97. The monoisotopic (exact) mass is 289 g/mol. The van der Waals surface area contributed by atoms with Crippen molar-refractivity contribution in [2.24, 2.45) is 5.92 Å². The van der Waals surface area contributed by atoms with Crippen molar-refractivity contribution in [1.82, 2.24) is 10.2 Å². The summed E-state index contributed by atoms with van der Waals surface area (Å²) in [5.41, 5.74) is 1.99. The number of likely N-dealkylation sites (N-methyl/N-ethyl adjacent to an activating group) is 1. The molecule has 2 rings (SSSR count). The minimum Gasteiger partial charge on any atom is -0.355 e. The molecule has 1 fully saturated rings. The predicted octanol–water partition coefficient (Wildman–Crippen LogP) is 1.03. The molecule has 1 atom stereocenters. The van der Waals surface area contributed by atoms with Crippen LogP contribution < -0.4 is 10.2 Å².